The summed E-state index contributed by atoms with van der Waals surface area (Å²) in [5, 5.41) is 0. The van der Waals surface area contributed by atoms with E-state index in [-0.39, 0.29) is 16.9 Å². The van der Waals surface area contributed by atoms with Gasteiger partial charge in [-0.3, -0.25) is 4.79 Å². The summed E-state index contributed by atoms with van der Waals surface area (Å²) in [6.45, 7) is 4.29. The maximum atomic E-state index is 12.1. The molecule has 1 amide bonds. The number of ether oxygens (including phenoxy) is 1. The molecule has 0 aromatic rings. The van der Waals surface area contributed by atoms with Gasteiger partial charge in [-0.25, -0.2) is 4.79 Å². The molecule has 0 saturated carbocycles. The number of esters is 1. The molecular formula is C11H18N2O3S. The van der Waals surface area contributed by atoms with Crippen LogP contribution in [0, 0.1) is 5.92 Å². The van der Waals surface area contributed by atoms with Gasteiger partial charge in [-0.05, 0) is 26.7 Å². The Labute approximate surface area is 106 Å². The maximum Gasteiger partial charge on any atom is 0.328 e. The number of hydrogen-bond donors (Lipinski definition) is 1. The summed E-state index contributed by atoms with van der Waals surface area (Å²) in [7, 11) is 0. The quantitative estimate of drug-likeness (QED) is 0.586. The SMILES string of the molecule is CCOC(=O)C1CCCN1C(=O)C(C)C(N)=S. The van der Waals surface area contributed by atoms with Gasteiger partial charge in [0.25, 0.3) is 0 Å². The van der Waals surface area contributed by atoms with Gasteiger partial charge in [-0.2, -0.15) is 0 Å². The zero-order valence-electron chi connectivity index (χ0n) is 10.1. The molecule has 2 unspecified atom stereocenters. The Morgan fingerprint density at radius 1 is 1.59 bits per heavy atom. The summed E-state index contributed by atoms with van der Waals surface area (Å²) in [6, 6.07) is -0.473. The van der Waals surface area contributed by atoms with Gasteiger partial charge in [0.2, 0.25) is 5.91 Å². The van der Waals surface area contributed by atoms with Crippen LogP contribution in [-0.2, 0) is 14.3 Å². The highest BCUT2D eigenvalue weighted by molar-refractivity contribution is 7.80. The minimum absolute atomic E-state index is 0.157. The first kappa shape index (κ1) is 13.9. The molecule has 0 radical (unpaired) electrons. The average molecular weight is 258 g/mol. The summed E-state index contributed by atoms with van der Waals surface area (Å²) >= 11 is 4.80. The molecule has 1 aliphatic rings. The molecule has 1 heterocycles. The molecular weight excluding hydrogens is 240 g/mol. The van der Waals surface area contributed by atoms with Crippen LogP contribution in [0.4, 0.5) is 0 Å². The highest BCUT2D eigenvalue weighted by Gasteiger charge is 2.37. The first-order valence-corrected chi connectivity index (χ1v) is 6.16. The third-order valence-electron chi connectivity index (χ3n) is 2.89. The van der Waals surface area contributed by atoms with E-state index >= 15 is 0 Å². The topological polar surface area (TPSA) is 72.6 Å². The number of nitrogens with zero attached hydrogens (tertiary/aromatic N) is 1. The van der Waals surface area contributed by atoms with Gasteiger partial charge in [0, 0.05) is 6.54 Å². The maximum absolute atomic E-state index is 12.1. The molecule has 96 valence electrons. The van der Waals surface area contributed by atoms with Crippen LogP contribution in [0.5, 0.6) is 0 Å². The highest BCUT2D eigenvalue weighted by Crippen LogP contribution is 2.21. The monoisotopic (exact) mass is 258 g/mol. The summed E-state index contributed by atoms with van der Waals surface area (Å²) in [6.07, 6.45) is 1.45. The van der Waals surface area contributed by atoms with Crippen molar-refractivity contribution in [2.75, 3.05) is 13.2 Å². The number of hydrogen-bond acceptors (Lipinski definition) is 4. The third-order valence-corrected chi connectivity index (χ3v) is 3.25. The van der Waals surface area contributed by atoms with Gasteiger partial charge in [0.1, 0.15) is 6.04 Å². The van der Waals surface area contributed by atoms with Crippen molar-refractivity contribution >= 4 is 29.1 Å². The Bertz CT molecular complexity index is 333. The fourth-order valence-corrected chi connectivity index (χ4v) is 1.99. The van der Waals surface area contributed by atoms with Gasteiger partial charge in [-0.15, -0.1) is 0 Å². The first-order chi connectivity index (χ1) is 7.99. The van der Waals surface area contributed by atoms with Crippen molar-refractivity contribution in [3.05, 3.63) is 0 Å². The molecule has 2 N–H and O–H groups in total. The Balaban J connectivity index is 2.72. The number of nitrogens with two attached hydrogens (primary N) is 1. The van der Waals surface area contributed by atoms with Crippen molar-refractivity contribution in [2.45, 2.75) is 32.7 Å². The zero-order chi connectivity index (χ0) is 13.0. The zero-order valence-corrected chi connectivity index (χ0v) is 11.0. The van der Waals surface area contributed by atoms with Gasteiger partial charge < -0.3 is 15.4 Å². The molecule has 1 aliphatic heterocycles. The molecule has 6 heteroatoms. The summed E-state index contributed by atoms with van der Waals surface area (Å²) in [5.41, 5.74) is 5.45. The second-order valence-electron chi connectivity index (χ2n) is 4.07. The third kappa shape index (κ3) is 3.15. The van der Waals surface area contributed by atoms with Crippen LogP contribution in [0.2, 0.25) is 0 Å². The van der Waals surface area contributed by atoms with E-state index in [4.69, 9.17) is 22.7 Å². The van der Waals surface area contributed by atoms with Crippen LogP contribution in [0.3, 0.4) is 0 Å². The van der Waals surface area contributed by atoms with E-state index < -0.39 is 12.0 Å². The standard InChI is InChI=1S/C11H18N2O3S/c1-3-16-11(15)8-5-4-6-13(8)10(14)7(2)9(12)17/h7-8H,3-6H2,1-2H3,(H2,12,17). The van der Waals surface area contributed by atoms with E-state index in [9.17, 15) is 9.59 Å². The molecule has 1 fully saturated rings. The normalized spacial score (nSPS) is 21.1. The lowest BCUT2D eigenvalue weighted by atomic mass is 10.1. The van der Waals surface area contributed by atoms with Crippen molar-refractivity contribution < 1.29 is 14.3 Å². The number of carbonyl (C=O) groups excluding carboxylic acids is 2. The molecule has 1 saturated heterocycles. The van der Waals surface area contributed by atoms with Crippen molar-refractivity contribution in [3.8, 4) is 0 Å². The predicted molar refractivity (Wildman–Crippen MR) is 67.3 cm³/mol. The van der Waals surface area contributed by atoms with E-state index in [1.54, 1.807) is 13.8 Å². The van der Waals surface area contributed by atoms with Gasteiger partial charge in [-0.1, -0.05) is 12.2 Å². The van der Waals surface area contributed by atoms with Crippen molar-refractivity contribution in [3.63, 3.8) is 0 Å². The Morgan fingerprint density at radius 3 is 2.76 bits per heavy atom. The Morgan fingerprint density at radius 2 is 2.24 bits per heavy atom. The summed E-state index contributed by atoms with van der Waals surface area (Å²) < 4.78 is 4.95. The number of rotatable bonds is 4. The molecule has 0 aromatic heterocycles. The molecule has 0 aromatic carbocycles. The van der Waals surface area contributed by atoms with Crippen LogP contribution in [0.15, 0.2) is 0 Å². The van der Waals surface area contributed by atoms with Crippen LogP contribution in [0.1, 0.15) is 26.7 Å². The number of amides is 1. The largest absolute Gasteiger partial charge is 0.464 e. The number of likely N-dealkylation sites (tertiary alicyclic amines) is 1. The Kier molecular flexibility index (Phi) is 4.86. The van der Waals surface area contributed by atoms with Crippen molar-refractivity contribution in [1.82, 2.24) is 4.90 Å². The second kappa shape index (κ2) is 5.95. The predicted octanol–water partition coefficient (Wildman–Crippen LogP) is 0.463. The summed E-state index contributed by atoms with van der Waals surface area (Å²) in [4.78, 5) is 25.4. The molecule has 5 nitrogen and oxygen atoms in total. The average Bonchev–Trinajstić information content (AvgIpc) is 2.76. The lowest BCUT2D eigenvalue weighted by molar-refractivity contribution is -0.153. The molecule has 0 bridgehead atoms. The highest BCUT2D eigenvalue weighted by atomic mass is 32.1. The second-order valence-corrected chi connectivity index (χ2v) is 4.54. The van der Waals surface area contributed by atoms with Crippen molar-refractivity contribution in [1.29, 1.82) is 0 Å². The molecule has 2 atom stereocenters. The number of carbonyl (C=O) groups is 2. The number of thiocarbonyl (C=S) groups is 1. The lowest BCUT2D eigenvalue weighted by Gasteiger charge is -2.25. The molecule has 0 aliphatic carbocycles. The molecule has 0 spiro atoms. The smallest absolute Gasteiger partial charge is 0.328 e. The van der Waals surface area contributed by atoms with Crippen LogP contribution in [-0.4, -0.2) is 41.0 Å². The van der Waals surface area contributed by atoms with E-state index in [1.807, 2.05) is 0 Å². The Hall–Kier alpha value is -1.17. The van der Waals surface area contributed by atoms with Crippen LogP contribution < -0.4 is 5.73 Å². The minimum atomic E-state index is -0.528. The minimum Gasteiger partial charge on any atom is -0.464 e. The van der Waals surface area contributed by atoms with Crippen LogP contribution in [0.25, 0.3) is 0 Å². The molecule has 1 rings (SSSR count). The van der Waals surface area contributed by atoms with E-state index in [1.165, 1.54) is 4.90 Å². The molecule has 17 heavy (non-hydrogen) atoms. The lowest BCUT2D eigenvalue weighted by Crippen LogP contribution is -2.46. The van der Waals surface area contributed by atoms with E-state index in [0.717, 1.165) is 6.42 Å². The van der Waals surface area contributed by atoms with Gasteiger partial charge >= 0.3 is 5.97 Å². The fourth-order valence-electron chi connectivity index (χ4n) is 1.88. The van der Waals surface area contributed by atoms with Crippen molar-refractivity contribution in [2.24, 2.45) is 11.7 Å². The van der Waals surface area contributed by atoms with E-state index in [0.29, 0.717) is 19.6 Å². The fraction of sp³-hybridized carbons (Fsp3) is 0.727. The van der Waals surface area contributed by atoms with E-state index in [2.05, 4.69) is 0 Å². The van der Waals surface area contributed by atoms with Gasteiger partial charge in [0.15, 0.2) is 0 Å². The van der Waals surface area contributed by atoms with Gasteiger partial charge in [0.05, 0.1) is 17.5 Å². The first-order valence-electron chi connectivity index (χ1n) is 5.75. The van der Waals surface area contributed by atoms with Crippen LogP contribution >= 0.6 is 12.2 Å². The summed E-state index contributed by atoms with van der Waals surface area (Å²) in [5.74, 6) is -1.05.